The number of carbonyl (C=O) groups excluding carboxylic acids is 2. The Labute approximate surface area is 228 Å². The van der Waals surface area contributed by atoms with Gasteiger partial charge in [0.25, 0.3) is 11.8 Å². The smallest absolute Gasteiger partial charge is 0.258 e. The maximum atomic E-state index is 13.6. The van der Waals surface area contributed by atoms with E-state index in [0.29, 0.717) is 11.3 Å². The summed E-state index contributed by atoms with van der Waals surface area (Å²) < 4.78 is 33.9. The van der Waals surface area contributed by atoms with Crippen LogP contribution in [0.4, 0.5) is 5.69 Å². The van der Waals surface area contributed by atoms with Crippen LogP contribution in [0.5, 0.6) is 5.75 Å². The van der Waals surface area contributed by atoms with Gasteiger partial charge in [-0.25, -0.2) is 8.42 Å². The van der Waals surface area contributed by atoms with Crippen molar-refractivity contribution >= 4 is 27.5 Å². The fraction of sp³-hybridized carbons (Fsp3) is 0.321. The molecule has 3 aromatic rings. The van der Waals surface area contributed by atoms with Crippen molar-refractivity contribution in [1.82, 2.24) is 14.2 Å². The van der Waals surface area contributed by atoms with Gasteiger partial charge in [-0.05, 0) is 49.4 Å². The van der Waals surface area contributed by atoms with E-state index in [1.54, 1.807) is 54.3 Å². The van der Waals surface area contributed by atoms with Gasteiger partial charge in [-0.2, -0.15) is 4.31 Å². The number of sulfonamides is 1. The lowest BCUT2D eigenvalue weighted by molar-refractivity contribution is 0.0387. The summed E-state index contributed by atoms with van der Waals surface area (Å²) in [6.45, 7) is 3.64. The molecule has 0 aliphatic carbocycles. The van der Waals surface area contributed by atoms with Crippen molar-refractivity contribution < 1.29 is 27.9 Å². The van der Waals surface area contributed by atoms with Gasteiger partial charge in [0, 0.05) is 43.2 Å². The summed E-state index contributed by atoms with van der Waals surface area (Å²) in [6.07, 6.45) is 2.42. The van der Waals surface area contributed by atoms with E-state index in [-0.39, 0.29) is 53.6 Å². The Morgan fingerprint density at radius 2 is 1.87 bits per heavy atom. The number of ether oxygens (including phenoxy) is 1. The molecule has 2 N–H and O–H groups in total. The number of hydrogen-bond acceptors (Lipinski definition) is 7. The highest BCUT2D eigenvalue weighted by atomic mass is 32.2. The molecule has 2 heterocycles. The second-order valence-electron chi connectivity index (χ2n) is 9.62. The van der Waals surface area contributed by atoms with Crippen LogP contribution >= 0.6 is 0 Å². The lowest BCUT2D eigenvalue weighted by Crippen LogP contribution is -2.50. The molecule has 0 bridgehead atoms. The van der Waals surface area contributed by atoms with Crippen LogP contribution in [0.15, 0.2) is 78.0 Å². The average Bonchev–Trinajstić information content (AvgIpc) is 2.95. The van der Waals surface area contributed by atoms with Gasteiger partial charge >= 0.3 is 0 Å². The Hall–Kier alpha value is -3.80. The fourth-order valence-corrected chi connectivity index (χ4v) is 5.55. The summed E-state index contributed by atoms with van der Waals surface area (Å²) in [5.41, 5.74) is 0.998. The van der Waals surface area contributed by atoms with Crippen molar-refractivity contribution in [1.29, 1.82) is 0 Å². The number of benzene rings is 2. The SMILES string of the molecule is C[C@H](CO)N1C[C@H](C)[C@@H](CN(C)S(=O)(=O)c2ccccc2)Oc2ccc(NC(=O)c3ccncc3)cc2C1=O. The summed E-state index contributed by atoms with van der Waals surface area (Å²) in [5.74, 6) is -0.729. The highest BCUT2D eigenvalue weighted by molar-refractivity contribution is 7.89. The van der Waals surface area contributed by atoms with Crippen LogP contribution in [0.2, 0.25) is 0 Å². The molecule has 1 aliphatic rings. The number of nitrogens with zero attached hydrogens (tertiary/aromatic N) is 3. The van der Waals surface area contributed by atoms with Crippen LogP contribution in [0, 0.1) is 5.92 Å². The molecule has 2 aromatic carbocycles. The standard InChI is InChI=1S/C28H32N4O6S/c1-19-16-32(20(2)18-33)28(35)24-15-22(30-27(34)21-11-13-29-14-12-21)9-10-25(24)38-26(19)17-31(3)39(36,37)23-7-5-4-6-8-23/h4-15,19-20,26,33H,16-18H2,1-3H3,(H,30,34)/t19-,20+,26+/m0/s1. The summed E-state index contributed by atoms with van der Waals surface area (Å²) in [5, 5.41) is 12.7. The lowest BCUT2D eigenvalue weighted by Gasteiger charge is -2.38. The normalized spacial score (nSPS) is 18.5. The summed E-state index contributed by atoms with van der Waals surface area (Å²) in [6, 6.07) is 15.6. The number of aromatic nitrogens is 1. The van der Waals surface area contributed by atoms with E-state index in [1.165, 1.54) is 41.9 Å². The molecule has 4 rings (SSSR count). The van der Waals surface area contributed by atoms with E-state index in [1.807, 2.05) is 6.92 Å². The average molecular weight is 553 g/mol. The second-order valence-corrected chi connectivity index (χ2v) is 11.7. The first-order valence-corrected chi connectivity index (χ1v) is 14.0. The Morgan fingerprint density at radius 3 is 2.54 bits per heavy atom. The number of fused-ring (bicyclic) bond motifs is 1. The molecule has 11 heteroatoms. The summed E-state index contributed by atoms with van der Waals surface area (Å²) in [4.78, 5) is 31.9. The van der Waals surface area contributed by atoms with Crippen molar-refractivity contribution in [2.45, 2.75) is 30.9 Å². The Bertz CT molecular complexity index is 1420. The Kier molecular flexibility index (Phi) is 8.63. The zero-order valence-corrected chi connectivity index (χ0v) is 22.8. The van der Waals surface area contributed by atoms with Gasteiger partial charge < -0.3 is 20.1 Å². The van der Waals surface area contributed by atoms with E-state index >= 15 is 0 Å². The molecular formula is C28H32N4O6S. The van der Waals surface area contributed by atoms with Gasteiger partial charge in [0.2, 0.25) is 10.0 Å². The quantitative estimate of drug-likeness (QED) is 0.440. The molecule has 0 radical (unpaired) electrons. The van der Waals surface area contributed by atoms with Crippen LogP contribution < -0.4 is 10.1 Å². The van der Waals surface area contributed by atoms with Crippen LogP contribution in [0.25, 0.3) is 0 Å². The third-order valence-corrected chi connectivity index (χ3v) is 8.59. The number of anilines is 1. The van der Waals surface area contributed by atoms with Crippen molar-refractivity contribution in [3.63, 3.8) is 0 Å². The zero-order chi connectivity index (χ0) is 28.2. The summed E-state index contributed by atoms with van der Waals surface area (Å²) >= 11 is 0. The van der Waals surface area contributed by atoms with Gasteiger partial charge in [0.05, 0.1) is 29.7 Å². The number of hydrogen-bond donors (Lipinski definition) is 2. The number of pyridine rings is 1. The molecule has 3 atom stereocenters. The highest BCUT2D eigenvalue weighted by Gasteiger charge is 2.35. The molecule has 10 nitrogen and oxygen atoms in total. The second kappa shape index (κ2) is 11.9. The maximum Gasteiger partial charge on any atom is 0.258 e. The number of amides is 2. The maximum absolute atomic E-state index is 13.6. The molecule has 0 saturated heterocycles. The molecule has 1 aliphatic heterocycles. The largest absolute Gasteiger partial charge is 0.488 e. The lowest BCUT2D eigenvalue weighted by atomic mass is 9.99. The predicted octanol–water partition coefficient (Wildman–Crippen LogP) is 2.87. The van der Waals surface area contributed by atoms with Gasteiger partial charge in [-0.1, -0.05) is 25.1 Å². The number of aliphatic hydroxyl groups excluding tert-OH is 1. The molecule has 1 aromatic heterocycles. The molecule has 206 valence electrons. The van der Waals surface area contributed by atoms with Crippen molar-refractivity contribution in [3.05, 3.63) is 84.2 Å². The van der Waals surface area contributed by atoms with Crippen molar-refractivity contribution in [2.75, 3.05) is 32.1 Å². The van der Waals surface area contributed by atoms with Crippen LogP contribution in [0.1, 0.15) is 34.6 Å². The molecule has 0 fully saturated rings. The monoisotopic (exact) mass is 552 g/mol. The zero-order valence-electron chi connectivity index (χ0n) is 22.0. The third-order valence-electron chi connectivity index (χ3n) is 6.75. The Balaban J connectivity index is 1.65. The number of carbonyl (C=O) groups is 2. The van der Waals surface area contributed by atoms with Gasteiger partial charge in [-0.3, -0.25) is 14.6 Å². The summed E-state index contributed by atoms with van der Waals surface area (Å²) in [7, 11) is -2.28. The first-order valence-electron chi connectivity index (χ1n) is 12.6. The van der Waals surface area contributed by atoms with Crippen LogP contribution in [0.3, 0.4) is 0 Å². The minimum absolute atomic E-state index is 0.0356. The van der Waals surface area contributed by atoms with Crippen molar-refractivity contribution in [2.24, 2.45) is 5.92 Å². The Morgan fingerprint density at radius 1 is 1.18 bits per heavy atom. The number of aliphatic hydroxyl groups is 1. The number of likely N-dealkylation sites (N-methyl/N-ethyl adjacent to an activating group) is 1. The van der Waals surface area contributed by atoms with E-state index < -0.39 is 22.2 Å². The minimum Gasteiger partial charge on any atom is -0.488 e. The minimum atomic E-state index is -3.77. The van der Waals surface area contributed by atoms with Gasteiger partial charge in [-0.15, -0.1) is 0 Å². The number of nitrogens with one attached hydrogen (secondary N) is 1. The first-order chi connectivity index (χ1) is 18.6. The van der Waals surface area contributed by atoms with Gasteiger partial charge in [0.15, 0.2) is 0 Å². The first kappa shape index (κ1) is 28.2. The van der Waals surface area contributed by atoms with Gasteiger partial charge in [0.1, 0.15) is 11.9 Å². The molecule has 0 unspecified atom stereocenters. The van der Waals surface area contributed by atoms with E-state index in [9.17, 15) is 23.1 Å². The molecule has 2 amide bonds. The fourth-order valence-electron chi connectivity index (χ4n) is 4.35. The van der Waals surface area contributed by atoms with E-state index in [2.05, 4.69) is 10.3 Å². The van der Waals surface area contributed by atoms with E-state index in [0.717, 1.165) is 0 Å². The highest BCUT2D eigenvalue weighted by Crippen LogP contribution is 2.31. The molecule has 39 heavy (non-hydrogen) atoms. The van der Waals surface area contributed by atoms with E-state index in [4.69, 9.17) is 4.74 Å². The third kappa shape index (κ3) is 6.27. The van der Waals surface area contributed by atoms with Crippen LogP contribution in [-0.4, -0.2) is 78.4 Å². The number of rotatable bonds is 8. The molecule has 0 saturated carbocycles. The molecular weight excluding hydrogens is 520 g/mol. The van der Waals surface area contributed by atoms with Crippen molar-refractivity contribution in [3.8, 4) is 5.75 Å². The predicted molar refractivity (Wildman–Crippen MR) is 146 cm³/mol. The molecule has 0 spiro atoms. The topological polar surface area (TPSA) is 129 Å². The van der Waals surface area contributed by atoms with Crippen LogP contribution in [-0.2, 0) is 10.0 Å².